The first-order valence-corrected chi connectivity index (χ1v) is 11.1. The molecule has 1 aliphatic rings. The number of H-pyrrole nitrogens is 1. The smallest absolute Gasteiger partial charge is 0.353 e. The van der Waals surface area contributed by atoms with E-state index < -0.39 is 11.6 Å². The van der Waals surface area contributed by atoms with Crippen molar-refractivity contribution in [3.8, 4) is 11.1 Å². The van der Waals surface area contributed by atoms with E-state index in [1.807, 2.05) is 26.8 Å². The highest BCUT2D eigenvalue weighted by Crippen LogP contribution is 2.57. The highest BCUT2D eigenvalue weighted by Gasteiger charge is 2.62. The van der Waals surface area contributed by atoms with E-state index in [-0.39, 0.29) is 25.3 Å². The highest BCUT2D eigenvalue weighted by atomic mass is 19.4. The van der Waals surface area contributed by atoms with Gasteiger partial charge in [-0.15, -0.1) is 0 Å². The molecular formula is C24H31F3N6. The van der Waals surface area contributed by atoms with Crippen molar-refractivity contribution in [1.29, 1.82) is 0 Å². The van der Waals surface area contributed by atoms with Gasteiger partial charge in [-0.1, -0.05) is 20.8 Å². The Labute approximate surface area is 192 Å². The quantitative estimate of drug-likeness (QED) is 0.408. The Balaban J connectivity index is 0.000000709. The van der Waals surface area contributed by atoms with Gasteiger partial charge in [0.15, 0.2) is 5.82 Å². The molecule has 3 heterocycles. The van der Waals surface area contributed by atoms with E-state index in [1.54, 1.807) is 18.6 Å². The van der Waals surface area contributed by atoms with Crippen LogP contribution in [0.1, 0.15) is 53.0 Å². The van der Waals surface area contributed by atoms with Crippen LogP contribution in [0.2, 0.25) is 0 Å². The van der Waals surface area contributed by atoms with E-state index in [1.165, 1.54) is 0 Å². The van der Waals surface area contributed by atoms with Crippen molar-refractivity contribution in [1.82, 2.24) is 19.9 Å². The minimum atomic E-state index is -4.21. The maximum atomic E-state index is 13.1. The Morgan fingerprint density at radius 1 is 1.18 bits per heavy atom. The molecule has 0 unspecified atom stereocenters. The number of aryl methyl sites for hydroxylation is 1. The standard InChI is InChI=1S/C20H21F3N6.C4H10/c1-11(2)28-16-12(3)6-13(7-24-16)14-8-25-17-15(14)9-26-18(29-17)27-10-19(4-5-19)20(21,22)23;1-4(2)3/h6-9H,4-5,10H2,1-3H3,(H2,25,26,27,29);4H,1-3H3. The molecule has 1 saturated carbocycles. The molecule has 9 heteroatoms. The normalized spacial score (nSPS) is 14.6. The number of aromatic amines is 1. The summed E-state index contributed by atoms with van der Waals surface area (Å²) in [6, 6.07) is 1.99. The number of nitrogens with zero attached hydrogens (tertiary/aromatic N) is 4. The van der Waals surface area contributed by atoms with Gasteiger partial charge in [-0.05, 0) is 51.2 Å². The van der Waals surface area contributed by atoms with E-state index in [9.17, 15) is 13.2 Å². The summed E-state index contributed by atoms with van der Waals surface area (Å²) >= 11 is 0. The van der Waals surface area contributed by atoms with Gasteiger partial charge in [0, 0.05) is 47.4 Å². The molecule has 3 aromatic rings. The molecule has 0 bridgehead atoms. The third-order valence-electron chi connectivity index (χ3n) is 5.16. The van der Waals surface area contributed by atoms with Gasteiger partial charge in [0.05, 0.1) is 5.41 Å². The van der Waals surface area contributed by atoms with Crippen LogP contribution in [0.3, 0.4) is 0 Å². The van der Waals surface area contributed by atoms with Crippen LogP contribution in [0.5, 0.6) is 0 Å². The van der Waals surface area contributed by atoms with Gasteiger partial charge in [-0.3, -0.25) is 0 Å². The molecule has 4 rings (SSSR count). The average molecular weight is 461 g/mol. The molecule has 1 aliphatic carbocycles. The van der Waals surface area contributed by atoms with Crippen LogP contribution in [0, 0.1) is 18.3 Å². The summed E-state index contributed by atoms with van der Waals surface area (Å²) in [7, 11) is 0. The van der Waals surface area contributed by atoms with E-state index in [0.29, 0.717) is 11.5 Å². The second kappa shape index (κ2) is 9.49. The van der Waals surface area contributed by atoms with Crippen LogP contribution >= 0.6 is 0 Å². The Hall–Kier alpha value is -2.97. The van der Waals surface area contributed by atoms with Crippen LogP contribution in [-0.2, 0) is 0 Å². The summed E-state index contributed by atoms with van der Waals surface area (Å²) in [6.45, 7) is 12.1. The highest BCUT2D eigenvalue weighted by molar-refractivity contribution is 5.93. The average Bonchev–Trinajstić information content (AvgIpc) is 3.40. The Morgan fingerprint density at radius 3 is 2.39 bits per heavy atom. The molecule has 33 heavy (non-hydrogen) atoms. The number of aliphatic imine (C=N–C) groups is 1. The van der Waals surface area contributed by atoms with Crippen molar-refractivity contribution in [2.45, 2.75) is 60.6 Å². The van der Waals surface area contributed by atoms with E-state index in [4.69, 9.17) is 0 Å². The minimum absolute atomic E-state index is 0.141. The van der Waals surface area contributed by atoms with Crippen molar-refractivity contribution in [2.24, 2.45) is 16.3 Å². The van der Waals surface area contributed by atoms with Gasteiger partial charge in [-0.25, -0.2) is 15.0 Å². The molecule has 2 N–H and O–H groups in total. The van der Waals surface area contributed by atoms with Crippen LogP contribution in [0.25, 0.3) is 22.2 Å². The SMILES string of the molecule is CC(C)=Nc1ncc(-c2c[nH]c3nc(NCC4(C(F)(F)F)CC4)ncc23)cc1C.CC(C)C. The molecule has 0 amide bonds. The Bertz CT molecular complexity index is 1140. The van der Waals surface area contributed by atoms with E-state index in [0.717, 1.165) is 33.7 Å². The lowest BCUT2D eigenvalue weighted by Crippen LogP contribution is -2.31. The zero-order chi connectivity index (χ0) is 24.4. The number of rotatable bonds is 5. The molecule has 0 atom stereocenters. The number of fused-ring (bicyclic) bond motifs is 1. The van der Waals surface area contributed by atoms with Gasteiger partial charge >= 0.3 is 6.18 Å². The molecule has 178 valence electrons. The number of anilines is 1. The second-order valence-electron chi connectivity index (χ2n) is 9.45. The van der Waals surface area contributed by atoms with Crippen molar-refractivity contribution in [3.05, 3.63) is 30.2 Å². The first-order valence-electron chi connectivity index (χ1n) is 11.1. The lowest BCUT2D eigenvalue weighted by Gasteiger charge is -2.19. The van der Waals surface area contributed by atoms with Crippen molar-refractivity contribution >= 4 is 28.5 Å². The Kier molecular flexibility index (Phi) is 7.09. The van der Waals surface area contributed by atoms with Crippen molar-refractivity contribution in [3.63, 3.8) is 0 Å². The number of nitrogens with one attached hydrogen (secondary N) is 2. The minimum Gasteiger partial charge on any atom is -0.353 e. The van der Waals surface area contributed by atoms with E-state index in [2.05, 4.69) is 51.0 Å². The summed E-state index contributed by atoms with van der Waals surface area (Å²) in [6.07, 6.45) is 1.22. The molecule has 0 aromatic carbocycles. The van der Waals surface area contributed by atoms with Crippen LogP contribution in [0.4, 0.5) is 24.9 Å². The number of halogens is 3. The summed E-state index contributed by atoms with van der Waals surface area (Å²) < 4.78 is 39.2. The molecule has 0 spiro atoms. The summed E-state index contributed by atoms with van der Waals surface area (Å²) in [4.78, 5) is 20.4. The van der Waals surface area contributed by atoms with Crippen molar-refractivity contribution in [2.75, 3.05) is 11.9 Å². The van der Waals surface area contributed by atoms with Gasteiger partial charge in [0.1, 0.15) is 5.65 Å². The maximum absolute atomic E-state index is 13.1. The van der Waals surface area contributed by atoms with Crippen molar-refractivity contribution < 1.29 is 13.2 Å². The summed E-state index contributed by atoms with van der Waals surface area (Å²) in [5.74, 6) is 1.69. The fourth-order valence-electron chi connectivity index (χ4n) is 3.23. The fraction of sp³-hybridized carbons (Fsp3) is 0.500. The number of pyridine rings is 1. The summed E-state index contributed by atoms with van der Waals surface area (Å²) in [5.41, 5.74) is 2.54. The lowest BCUT2D eigenvalue weighted by atomic mass is 10.1. The number of aromatic nitrogens is 4. The lowest BCUT2D eigenvalue weighted by molar-refractivity contribution is -0.182. The van der Waals surface area contributed by atoms with Gasteiger partial charge < -0.3 is 10.3 Å². The Morgan fingerprint density at radius 2 is 1.85 bits per heavy atom. The van der Waals surface area contributed by atoms with Crippen LogP contribution < -0.4 is 5.32 Å². The summed E-state index contributed by atoms with van der Waals surface area (Å²) in [5, 5.41) is 3.52. The molecule has 0 saturated heterocycles. The molecule has 6 nitrogen and oxygen atoms in total. The fourth-order valence-corrected chi connectivity index (χ4v) is 3.23. The molecule has 0 aliphatic heterocycles. The third-order valence-corrected chi connectivity index (χ3v) is 5.16. The van der Waals surface area contributed by atoms with Crippen LogP contribution in [0.15, 0.2) is 29.6 Å². The predicted molar refractivity (Wildman–Crippen MR) is 127 cm³/mol. The first kappa shape index (κ1) is 24.7. The van der Waals surface area contributed by atoms with Crippen LogP contribution in [-0.4, -0.2) is 38.4 Å². The molecular weight excluding hydrogens is 429 g/mol. The first-order chi connectivity index (χ1) is 15.4. The zero-order valence-electron chi connectivity index (χ0n) is 19.9. The molecule has 3 aromatic heterocycles. The predicted octanol–water partition coefficient (Wildman–Crippen LogP) is 6.86. The topological polar surface area (TPSA) is 78.8 Å². The maximum Gasteiger partial charge on any atom is 0.396 e. The largest absolute Gasteiger partial charge is 0.396 e. The van der Waals surface area contributed by atoms with Gasteiger partial charge in [0.2, 0.25) is 5.95 Å². The number of alkyl halides is 3. The monoisotopic (exact) mass is 460 g/mol. The van der Waals surface area contributed by atoms with E-state index >= 15 is 0 Å². The number of hydrogen-bond acceptors (Lipinski definition) is 5. The van der Waals surface area contributed by atoms with Gasteiger partial charge in [0.25, 0.3) is 0 Å². The zero-order valence-corrected chi connectivity index (χ0v) is 19.9. The molecule has 0 radical (unpaired) electrons. The number of hydrogen-bond donors (Lipinski definition) is 2. The van der Waals surface area contributed by atoms with Gasteiger partial charge in [-0.2, -0.15) is 18.2 Å². The second-order valence-corrected chi connectivity index (χ2v) is 9.45. The third kappa shape index (κ3) is 5.89. The molecule has 1 fully saturated rings.